The molecule has 1 aliphatic rings. The molecule has 0 atom stereocenters. The van der Waals surface area contributed by atoms with Gasteiger partial charge in [-0.15, -0.1) is 12.4 Å². The lowest BCUT2D eigenvalue weighted by molar-refractivity contribution is -0.384. The molecule has 0 aliphatic carbocycles. The van der Waals surface area contributed by atoms with Crippen molar-refractivity contribution in [3.63, 3.8) is 0 Å². The zero-order valence-electron chi connectivity index (χ0n) is 15.4. The summed E-state index contributed by atoms with van der Waals surface area (Å²) >= 11 is 0. The van der Waals surface area contributed by atoms with E-state index in [1.165, 1.54) is 0 Å². The molecule has 1 heterocycles. The van der Waals surface area contributed by atoms with Crippen molar-refractivity contribution in [2.75, 3.05) is 31.5 Å². The van der Waals surface area contributed by atoms with Gasteiger partial charge in [0.25, 0.3) is 5.69 Å². The summed E-state index contributed by atoms with van der Waals surface area (Å²) < 4.78 is 38.1. The lowest BCUT2D eigenvalue weighted by atomic mass is 9.81. The second kappa shape index (κ2) is 9.92. The van der Waals surface area contributed by atoms with E-state index < -0.39 is 22.4 Å². The maximum atomic E-state index is 12.7. The molecule has 0 aromatic heterocycles. The quantitative estimate of drug-likeness (QED) is 0.461. The van der Waals surface area contributed by atoms with Gasteiger partial charge in [-0.1, -0.05) is 6.92 Å². The fourth-order valence-corrected chi connectivity index (χ4v) is 2.93. The molecule has 0 bridgehead atoms. The van der Waals surface area contributed by atoms with Crippen LogP contribution in [0.25, 0.3) is 0 Å². The van der Waals surface area contributed by atoms with Crippen LogP contribution >= 0.6 is 12.4 Å². The number of amides is 1. The highest BCUT2D eigenvalue weighted by atomic mass is 35.5. The minimum Gasteiger partial charge on any atom is -0.379 e. The van der Waals surface area contributed by atoms with Crippen molar-refractivity contribution >= 4 is 29.7 Å². The Morgan fingerprint density at radius 1 is 1.32 bits per heavy atom. The molecule has 7 nitrogen and oxygen atoms in total. The molecule has 2 rings (SSSR count). The summed E-state index contributed by atoms with van der Waals surface area (Å²) in [5.41, 5.74) is -1.77. The summed E-state index contributed by atoms with van der Waals surface area (Å²) in [7, 11) is 0. The zero-order valence-corrected chi connectivity index (χ0v) is 16.2. The molecule has 3 N–H and O–H groups in total. The van der Waals surface area contributed by atoms with Crippen LogP contribution in [0.5, 0.6) is 0 Å². The van der Waals surface area contributed by atoms with Crippen molar-refractivity contribution in [3.05, 3.63) is 33.9 Å². The highest BCUT2D eigenvalue weighted by molar-refractivity contribution is 5.85. The predicted octanol–water partition coefficient (Wildman–Crippen LogP) is 3.34. The summed E-state index contributed by atoms with van der Waals surface area (Å²) in [5, 5.41) is 19.8. The predicted molar refractivity (Wildman–Crippen MR) is 102 cm³/mol. The van der Waals surface area contributed by atoms with Gasteiger partial charge in [0, 0.05) is 25.6 Å². The number of nitro benzene ring substituents is 1. The number of nitrogens with zero attached hydrogens (tertiary/aromatic N) is 1. The van der Waals surface area contributed by atoms with E-state index in [1.807, 2.05) is 0 Å². The van der Waals surface area contributed by atoms with Crippen LogP contribution in [0.15, 0.2) is 18.2 Å². The van der Waals surface area contributed by atoms with Crippen LogP contribution < -0.4 is 16.0 Å². The van der Waals surface area contributed by atoms with Gasteiger partial charge in [0.2, 0.25) is 5.91 Å². The van der Waals surface area contributed by atoms with Gasteiger partial charge in [-0.25, -0.2) is 0 Å². The first-order chi connectivity index (χ1) is 12.6. The topological polar surface area (TPSA) is 96.3 Å². The molecule has 1 aromatic carbocycles. The van der Waals surface area contributed by atoms with Crippen LogP contribution in [0.1, 0.15) is 31.7 Å². The van der Waals surface area contributed by atoms with Gasteiger partial charge in [0.15, 0.2) is 0 Å². The normalized spacial score (nSPS) is 16.0. The summed E-state index contributed by atoms with van der Waals surface area (Å²) in [6, 6.07) is 2.27. The molecule has 0 saturated carbocycles. The second-order valence-electron chi connectivity index (χ2n) is 7.00. The van der Waals surface area contributed by atoms with Crippen molar-refractivity contribution in [2.45, 2.75) is 32.4 Å². The van der Waals surface area contributed by atoms with Crippen LogP contribution in [0.4, 0.5) is 24.5 Å². The van der Waals surface area contributed by atoms with Crippen molar-refractivity contribution < 1.29 is 22.9 Å². The third-order valence-electron chi connectivity index (χ3n) is 4.71. The lowest BCUT2D eigenvalue weighted by Crippen LogP contribution is -2.43. The maximum Gasteiger partial charge on any atom is 0.416 e. The molecule has 1 aliphatic heterocycles. The number of alkyl halides is 3. The molecule has 1 saturated heterocycles. The van der Waals surface area contributed by atoms with Gasteiger partial charge in [-0.05, 0) is 43.5 Å². The Balaban J connectivity index is 0.00000392. The van der Waals surface area contributed by atoms with E-state index in [4.69, 9.17) is 0 Å². The number of carbonyl (C=O) groups is 1. The molecule has 0 unspecified atom stereocenters. The van der Waals surface area contributed by atoms with E-state index in [1.54, 1.807) is 0 Å². The fourth-order valence-electron chi connectivity index (χ4n) is 2.93. The van der Waals surface area contributed by atoms with Crippen molar-refractivity contribution in [3.8, 4) is 0 Å². The number of anilines is 1. The highest BCUT2D eigenvalue weighted by Gasteiger charge is 2.33. The number of nitro groups is 1. The minimum absolute atomic E-state index is 0. The first-order valence-electron chi connectivity index (χ1n) is 8.68. The smallest absolute Gasteiger partial charge is 0.379 e. The first-order valence-corrected chi connectivity index (χ1v) is 8.68. The summed E-state index contributed by atoms with van der Waals surface area (Å²) in [6.45, 7) is 4.55. The average molecular weight is 425 g/mol. The third kappa shape index (κ3) is 6.83. The molecule has 1 amide bonds. The molecular weight excluding hydrogens is 401 g/mol. The van der Waals surface area contributed by atoms with Crippen molar-refractivity contribution in [2.24, 2.45) is 5.41 Å². The Labute approximate surface area is 167 Å². The van der Waals surface area contributed by atoms with Crippen molar-refractivity contribution in [1.29, 1.82) is 0 Å². The van der Waals surface area contributed by atoms with E-state index in [-0.39, 0.29) is 42.4 Å². The van der Waals surface area contributed by atoms with Crippen molar-refractivity contribution in [1.82, 2.24) is 10.6 Å². The van der Waals surface area contributed by atoms with Gasteiger partial charge in [-0.3, -0.25) is 14.9 Å². The number of nitrogens with one attached hydrogen (secondary N) is 3. The number of benzene rings is 1. The van der Waals surface area contributed by atoms with E-state index >= 15 is 0 Å². The molecule has 1 aromatic rings. The number of rotatable bonds is 7. The van der Waals surface area contributed by atoms with Crippen LogP contribution in [0.3, 0.4) is 0 Å². The minimum atomic E-state index is -4.66. The third-order valence-corrected chi connectivity index (χ3v) is 4.71. The Morgan fingerprint density at radius 3 is 2.54 bits per heavy atom. The molecular formula is C17H24ClF3N4O3. The van der Waals surface area contributed by atoms with Crippen LogP contribution in [0.2, 0.25) is 0 Å². The largest absolute Gasteiger partial charge is 0.416 e. The standard InChI is InChI=1S/C17H23F3N4O3.ClH/c1-16(5-8-21-9-6-16)11-23-15(25)4-7-22-13-3-2-12(17(18,19)20)10-14(13)24(26)27;/h2-3,10,21-22H,4-9,11H2,1H3,(H,23,25);1H. The molecule has 28 heavy (non-hydrogen) atoms. The monoisotopic (exact) mass is 424 g/mol. The van der Waals surface area contributed by atoms with E-state index in [9.17, 15) is 28.1 Å². The number of piperidine rings is 1. The molecule has 0 radical (unpaired) electrons. The van der Waals surface area contributed by atoms with Gasteiger partial charge in [-0.2, -0.15) is 13.2 Å². The molecule has 11 heteroatoms. The average Bonchev–Trinajstić information content (AvgIpc) is 2.60. The molecule has 158 valence electrons. The van der Waals surface area contributed by atoms with Gasteiger partial charge >= 0.3 is 6.18 Å². The lowest BCUT2D eigenvalue weighted by Gasteiger charge is -2.34. The summed E-state index contributed by atoms with van der Waals surface area (Å²) in [6.07, 6.45) is -2.67. The highest BCUT2D eigenvalue weighted by Crippen LogP contribution is 2.35. The number of halogens is 4. The van der Waals surface area contributed by atoms with Gasteiger partial charge < -0.3 is 16.0 Å². The van der Waals surface area contributed by atoms with Crippen LogP contribution in [-0.4, -0.2) is 37.0 Å². The molecule has 0 spiro atoms. The summed E-state index contributed by atoms with van der Waals surface area (Å²) in [5.74, 6) is -0.211. The van der Waals surface area contributed by atoms with Gasteiger partial charge in [0.1, 0.15) is 5.69 Å². The summed E-state index contributed by atoms with van der Waals surface area (Å²) in [4.78, 5) is 22.1. The maximum absolute atomic E-state index is 12.7. The Morgan fingerprint density at radius 2 is 1.96 bits per heavy atom. The van der Waals surface area contributed by atoms with E-state index in [0.717, 1.165) is 38.1 Å². The Kier molecular flexibility index (Phi) is 8.49. The van der Waals surface area contributed by atoms with E-state index in [0.29, 0.717) is 12.6 Å². The fraction of sp³-hybridized carbons (Fsp3) is 0.588. The molecule has 1 fully saturated rings. The zero-order chi connectivity index (χ0) is 20.1. The van der Waals surface area contributed by atoms with Crippen LogP contribution in [0, 0.1) is 15.5 Å². The Bertz CT molecular complexity index is 695. The van der Waals surface area contributed by atoms with E-state index in [2.05, 4.69) is 22.9 Å². The first kappa shape index (κ1) is 24.0. The number of carbonyl (C=O) groups excluding carboxylic acids is 1. The number of hydrogen-bond donors (Lipinski definition) is 3. The van der Waals surface area contributed by atoms with Gasteiger partial charge in [0.05, 0.1) is 10.5 Å². The Hall–Kier alpha value is -2.07. The second-order valence-corrected chi connectivity index (χ2v) is 7.00. The SMILES string of the molecule is CC1(CNC(=O)CCNc2ccc(C(F)(F)F)cc2[N+](=O)[O-])CCNCC1.Cl. The number of hydrogen-bond acceptors (Lipinski definition) is 5. The van der Waals surface area contributed by atoms with Crippen LogP contribution in [-0.2, 0) is 11.0 Å².